The molecular formula is C6H5N2NaO2S. The minimum Gasteiger partial charge on any atom is -0.542 e. The fourth-order valence-corrected chi connectivity index (χ4v) is 1.66. The summed E-state index contributed by atoms with van der Waals surface area (Å²) in [6, 6.07) is 0. The normalized spacial score (nSPS) is 15.3. The van der Waals surface area contributed by atoms with E-state index < -0.39 is 5.97 Å². The Morgan fingerprint density at radius 3 is 2.58 bits per heavy atom. The minimum atomic E-state index is -1.23. The van der Waals surface area contributed by atoms with Gasteiger partial charge < -0.3 is 9.90 Å². The molecule has 1 saturated carbocycles. The van der Waals surface area contributed by atoms with Gasteiger partial charge in [0.05, 0.1) is 0 Å². The average Bonchev–Trinajstić information content (AvgIpc) is 2.68. The Hall–Kier alpha value is 0.0300. The van der Waals surface area contributed by atoms with Crippen molar-refractivity contribution in [2.45, 2.75) is 18.8 Å². The van der Waals surface area contributed by atoms with Crippen molar-refractivity contribution in [3.8, 4) is 0 Å². The summed E-state index contributed by atoms with van der Waals surface area (Å²) in [5.41, 5.74) is 0. The van der Waals surface area contributed by atoms with E-state index in [1.54, 1.807) is 0 Å². The zero-order valence-electron chi connectivity index (χ0n) is 6.61. The quantitative estimate of drug-likeness (QED) is 0.462. The summed E-state index contributed by atoms with van der Waals surface area (Å²) in [6.07, 6.45) is 2.23. The largest absolute Gasteiger partial charge is 1.00 e. The van der Waals surface area contributed by atoms with E-state index in [9.17, 15) is 9.90 Å². The number of aromatic carboxylic acids is 1. The molecule has 1 aliphatic rings. The standard InChI is InChI=1S/C6H6N2O2S.Na/c9-6(10)5-8-7-4(11-5)3-1-2-3;/h3H,1-2H2,(H,9,10);/q;+1/p-1. The molecule has 1 fully saturated rings. The Morgan fingerprint density at radius 1 is 1.50 bits per heavy atom. The molecule has 0 N–H and O–H groups in total. The second-order valence-corrected chi connectivity index (χ2v) is 3.52. The van der Waals surface area contributed by atoms with Crippen LogP contribution in [0.3, 0.4) is 0 Å². The van der Waals surface area contributed by atoms with Crippen LogP contribution in [0.4, 0.5) is 0 Å². The van der Waals surface area contributed by atoms with Gasteiger partial charge in [-0.15, -0.1) is 10.2 Å². The van der Waals surface area contributed by atoms with Gasteiger partial charge in [0.2, 0.25) is 0 Å². The number of aromatic nitrogens is 2. The van der Waals surface area contributed by atoms with Crippen LogP contribution in [0.15, 0.2) is 0 Å². The van der Waals surface area contributed by atoms with E-state index in [0.29, 0.717) is 5.92 Å². The Morgan fingerprint density at radius 2 is 2.17 bits per heavy atom. The molecule has 12 heavy (non-hydrogen) atoms. The van der Waals surface area contributed by atoms with Crippen LogP contribution in [-0.2, 0) is 0 Å². The Labute approximate surface area is 95.3 Å². The molecule has 0 saturated heterocycles. The topological polar surface area (TPSA) is 65.9 Å². The number of rotatable bonds is 2. The molecule has 0 spiro atoms. The minimum absolute atomic E-state index is 0. The van der Waals surface area contributed by atoms with Gasteiger partial charge in [-0.25, -0.2) is 0 Å². The molecule has 1 aliphatic carbocycles. The molecule has 0 amide bonds. The third-order valence-corrected chi connectivity index (χ3v) is 2.61. The summed E-state index contributed by atoms with van der Waals surface area (Å²) in [6.45, 7) is 0. The van der Waals surface area contributed by atoms with Gasteiger partial charge in [-0.3, -0.25) is 0 Å². The molecule has 0 aromatic carbocycles. The van der Waals surface area contributed by atoms with Crippen LogP contribution in [0.5, 0.6) is 0 Å². The van der Waals surface area contributed by atoms with Crippen LogP contribution in [0, 0.1) is 0 Å². The maximum atomic E-state index is 10.3. The summed E-state index contributed by atoms with van der Waals surface area (Å²) in [5.74, 6) is -0.755. The second kappa shape index (κ2) is 3.83. The third-order valence-electron chi connectivity index (χ3n) is 1.54. The van der Waals surface area contributed by atoms with Crippen LogP contribution in [0.2, 0.25) is 0 Å². The molecule has 0 aliphatic heterocycles. The van der Waals surface area contributed by atoms with Gasteiger partial charge in [0.1, 0.15) is 11.0 Å². The van der Waals surface area contributed by atoms with E-state index in [4.69, 9.17) is 0 Å². The van der Waals surface area contributed by atoms with E-state index in [1.807, 2.05) is 0 Å². The van der Waals surface area contributed by atoms with Crippen molar-refractivity contribution in [3.05, 3.63) is 10.0 Å². The number of carboxylic acids is 1. The first-order chi connectivity index (χ1) is 5.27. The van der Waals surface area contributed by atoms with Crippen molar-refractivity contribution >= 4 is 17.3 Å². The summed E-state index contributed by atoms with van der Waals surface area (Å²) in [4.78, 5) is 10.3. The van der Waals surface area contributed by atoms with Gasteiger partial charge >= 0.3 is 29.6 Å². The average molecular weight is 192 g/mol. The zero-order chi connectivity index (χ0) is 7.84. The fourth-order valence-electron chi connectivity index (χ4n) is 0.812. The Kier molecular flexibility index (Phi) is 3.22. The smallest absolute Gasteiger partial charge is 0.542 e. The SMILES string of the molecule is O=C([O-])c1nnc(C2CC2)s1.[Na+]. The molecule has 0 unspecified atom stereocenters. The van der Waals surface area contributed by atoms with E-state index in [0.717, 1.165) is 29.2 Å². The fraction of sp³-hybridized carbons (Fsp3) is 0.500. The summed E-state index contributed by atoms with van der Waals surface area (Å²) in [5, 5.41) is 18.3. The molecule has 0 radical (unpaired) electrons. The number of carbonyl (C=O) groups excluding carboxylic acids is 1. The number of nitrogens with zero attached hydrogens (tertiary/aromatic N) is 2. The third kappa shape index (κ3) is 2.04. The van der Waals surface area contributed by atoms with Crippen molar-refractivity contribution in [3.63, 3.8) is 0 Å². The zero-order valence-corrected chi connectivity index (χ0v) is 9.43. The van der Waals surface area contributed by atoms with Crippen molar-refractivity contribution in [1.82, 2.24) is 10.2 Å². The van der Waals surface area contributed by atoms with Gasteiger partial charge in [-0.05, 0) is 12.8 Å². The molecule has 2 rings (SSSR count). The van der Waals surface area contributed by atoms with Crippen LogP contribution in [-0.4, -0.2) is 16.2 Å². The molecular weight excluding hydrogens is 187 g/mol. The number of hydrogen-bond donors (Lipinski definition) is 0. The maximum absolute atomic E-state index is 10.3. The number of carboxylic acid groups (broad SMARTS) is 1. The van der Waals surface area contributed by atoms with Crippen LogP contribution >= 0.6 is 11.3 Å². The van der Waals surface area contributed by atoms with Crippen molar-refractivity contribution in [2.24, 2.45) is 0 Å². The van der Waals surface area contributed by atoms with Gasteiger partial charge in [0.25, 0.3) is 0 Å². The van der Waals surface area contributed by atoms with Crippen molar-refractivity contribution in [1.29, 1.82) is 0 Å². The van der Waals surface area contributed by atoms with Gasteiger partial charge in [0.15, 0.2) is 5.01 Å². The van der Waals surface area contributed by atoms with E-state index in [1.165, 1.54) is 0 Å². The molecule has 58 valence electrons. The van der Waals surface area contributed by atoms with E-state index >= 15 is 0 Å². The number of hydrogen-bond acceptors (Lipinski definition) is 5. The molecule has 0 atom stereocenters. The second-order valence-electron chi connectivity index (χ2n) is 2.51. The first-order valence-electron chi connectivity index (χ1n) is 3.32. The first kappa shape index (κ1) is 10.1. The number of carbonyl (C=O) groups is 1. The van der Waals surface area contributed by atoms with Crippen molar-refractivity contribution in [2.75, 3.05) is 0 Å². The van der Waals surface area contributed by atoms with Gasteiger partial charge in [-0.1, -0.05) is 11.3 Å². The molecule has 1 aromatic heterocycles. The van der Waals surface area contributed by atoms with Crippen LogP contribution < -0.4 is 34.7 Å². The molecule has 4 nitrogen and oxygen atoms in total. The first-order valence-corrected chi connectivity index (χ1v) is 4.14. The van der Waals surface area contributed by atoms with E-state index in [-0.39, 0.29) is 34.6 Å². The predicted octanol–water partition coefficient (Wildman–Crippen LogP) is -3.22. The summed E-state index contributed by atoms with van der Waals surface area (Å²) >= 11 is 1.13. The molecule has 0 bridgehead atoms. The van der Waals surface area contributed by atoms with Gasteiger partial charge in [0, 0.05) is 5.92 Å². The molecule has 1 aromatic rings. The van der Waals surface area contributed by atoms with Crippen molar-refractivity contribution < 1.29 is 39.5 Å². The Balaban J connectivity index is 0.000000720. The summed E-state index contributed by atoms with van der Waals surface area (Å²) in [7, 11) is 0. The molecule has 1 heterocycles. The molecule has 6 heteroatoms. The Bertz CT molecular complexity index is 297. The van der Waals surface area contributed by atoms with Crippen LogP contribution in [0.1, 0.15) is 33.6 Å². The summed E-state index contributed by atoms with van der Waals surface area (Å²) < 4.78 is 0. The monoisotopic (exact) mass is 192 g/mol. The van der Waals surface area contributed by atoms with E-state index in [2.05, 4.69) is 10.2 Å². The maximum Gasteiger partial charge on any atom is 1.00 e. The van der Waals surface area contributed by atoms with Crippen LogP contribution in [0.25, 0.3) is 0 Å². The predicted molar refractivity (Wildman–Crippen MR) is 36.2 cm³/mol. The van der Waals surface area contributed by atoms with Gasteiger partial charge in [-0.2, -0.15) is 0 Å².